The van der Waals surface area contributed by atoms with Crippen LogP contribution in [-0.2, 0) is 14.8 Å². The Hall–Kier alpha value is -1.11. The lowest BCUT2D eigenvalue weighted by molar-refractivity contribution is -0.122. The summed E-state index contributed by atoms with van der Waals surface area (Å²) in [4.78, 5) is 11.9. The SMILES string of the molecule is CCCCCNC(=O)[C@H](C)NS(=O)(=O)c1ccc(Cl)cc1. The van der Waals surface area contributed by atoms with Crippen molar-refractivity contribution in [3.05, 3.63) is 29.3 Å². The van der Waals surface area contributed by atoms with Gasteiger partial charge in [-0.25, -0.2) is 8.42 Å². The minimum atomic E-state index is -3.73. The average Bonchev–Trinajstić information content (AvgIpc) is 2.43. The van der Waals surface area contributed by atoms with Gasteiger partial charge in [-0.1, -0.05) is 31.4 Å². The Balaban J connectivity index is 2.58. The third-order valence-corrected chi connectivity index (χ3v) is 4.74. The molecule has 0 saturated heterocycles. The van der Waals surface area contributed by atoms with Gasteiger partial charge in [0.15, 0.2) is 0 Å². The fourth-order valence-corrected chi connectivity index (χ4v) is 3.04. The van der Waals surface area contributed by atoms with Crippen LogP contribution in [0.25, 0.3) is 0 Å². The first-order valence-corrected chi connectivity index (χ1v) is 8.78. The van der Waals surface area contributed by atoms with Gasteiger partial charge in [0.05, 0.1) is 10.9 Å². The number of sulfonamides is 1. The fraction of sp³-hybridized carbons (Fsp3) is 0.500. The molecule has 1 amide bonds. The fourth-order valence-electron chi connectivity index (χ4n) is 1.71. The molecule has 0 unspecified atom stereocenters. The Bertz CT molecular complexity index is 558. The first-order valence-electron chi connectivity index (χ1n) is 6.92. The van der Waals surface area contributed by atoms with E-state index in [0.717, 1.165) is 19.3 Å². The molecule has 2 N–H and O–H groups in total. The van der Waals surface area contributed by atoms with Crippen LogP contribution in [0.3, 0.4) is 0 Å². The minimum absolute atomic E-state index is 0.0810. The zero-order chi connectivity index (χ0) is 15.9. The van der Waals surface area contributed by atoms with Crippen LogP contribution in [-0.4, -0.2) is 26.9 Å². The van der Waals surface area contributed by atoms with Gasteiger partial charge in [-0.05, 0) is 37.6 Å². The smallest absolute Gasteiger partial charge is 0.241 e. The Kier molecular flexibility index (Phi) is 7.14. The van der Waals surface area contributed by atoms with E-state index >= 15 is 0 Å². The highest BCUT2D eigenvalue weighted by Gasteiger charge is 2.21. The summed E-state index contributed by atoms with van der Waals surface area (Å²) in [7, 11) is -3.73. The van der Waals surface area contributed by atoms with Crippen molar-refractivity contribution in [1.29, 1.82) is 0 Å². The molecule has 118 valence electrons. The molecular weight excluding hydrogens is 312 g/mol. The van der Waals surface area contributed by atoms with E-state index in [1.807, 2.05) is 0 Å². The van der Waals surface area contributed by atoms with Gasteiger partial charge < -0.3 is 5.32 Å². The van der Waals surface area contributed by atoms with Gasteiger partial charge in [0.2, 0.25) is 15.9 Å². The Morgan fingerprint density at radius 3 is 2.43 bits per heavy atom. The maximum Gasteiger partial charge on any atom is 0.241 e. The first kappa shape index (κ1) is 17.9. The third kappa shape index (κ3) is 6.03. The molecule has 21 heavy (non-hydrogen) atoms. The van der Waals surface area contributed by atoms with Crippen LogP contribution >= 0.6 is 11.6 Å². The molecule has 1 atom stereocenters. The molecule has 0 bridgehead atoms. The quantitative estimate of drug-likeness (QED) is 0.717. The second kappa shape index (κ2) is 8.36. The van der Waals surface area contributed by atoms with Crippen molar-refractivity contribution in [2.75, 3.05) is 6.54 Å². The lowest BCUT2D eigenvalue weighted by Gasteiger charge is -2.14. The Morgan fingerprint density at radius 2 is 1.86 bits per heavy atom. The van der Waals surface area contributed by atoms with E-state index in [1.165, 1.54) is 31.2 Å². The monoisotopic (exact) mass is 332 g/mol. The molecule has 0 aliphatic heterocycles. The van der Waals surface area contributed by atoms with Gasteiger partial charge >= 0.3 is 0 Å². The molecule has 5 nitrogen and oxygen atoms in total. The molecule has 1 aromatic carbocycles. The summed E-state index contributed by atoms with van der Waals surface area (Å²) in [6, 6.07) is 4.96. The number of carbonyl (C=O) groups excluding carboxylic acids is 1. The van der Waals surface area contributed by atoms with Gasteiger partial charge in [0, 0.05) is 11.6 Å². The summed E-state index contributed by atoms with van der Waals surface area (Å²) in [5.41, 5.74) is 0. The second-order valence-electron chi connectivity index (χ2n) is 4.80. The maximum atomic E-state index is 12.1. The summed E-state index contributed by atoms with van der Waals surface area (Å²) < 4.78 is 26.6. The molecule has 0 fully saturated rings. The normalized spacial score (nSPS) is 12.9. The Morgan fingerprint density at radius 1 is 1.24 bits per heavy atom. The Labute approximate surface area is 131 Å². The van der Waals surface area contributed by atoms with Crippen LogP contribution in [0.4, 0.5) is 0 Å². The molecule has 0 saturated carbocycles. The van der Waals surface area contributed by atoms with Crippen LogP contribution in [0.1, 0.15) is 33.1 Å². The van der Waals surface area contributed by atoms with Gasteiger partial charge in [-0.3, -0.25) is 4.79 Å². The topological polar surface area (TPSA) is 75.3 Å². The number of halogens is 1. The van der Waals surface area contributed by atoms with Crippen LogP contribution < -0.4 is 10.0 Å². The van der Waals surface area contributed by atoms with E-state index in [2.05, 4.69) is 17.0 Å². The molecule has 0 aromatic heterocycles. The van der Waals surface area contributed by atoms with Gasteiger partial charge in [-0.2, -0.15) is 4.72 Å². The van der Waals surface area contributed by atoms with E-state index in [9.17, 15) is 13.2 Å². The molecule has 0 spiro atoms. The van der Waals surface area contributed by atoms with Crippen molar-refractivity contribution in [2.45, 2.75) is 44.0 Å². The number of hydrogen-bond donors (Lipinski definition) is 2. The summed E-state index contributed by atoms with van der Waals surface area (Å²) >= 11 is 5.72. The molecule has 0 radical (unpaired) electrons. The van der Waals surface area contributed by atoms with E-state index in [0.29, 0.717) is 11.6 Å². The molecule has 1 rings (SSSR count). The van der Waals surface area contributed by atoms with E-state index in [1.54, 1.807) is 0 Å². The van der Waals surface area contributed by atoms with Gasteiger partial charge in [-0.15, -0.1) is 0 Å². The van der Waals surface area contributed by atoms with Crippen molar-refractivity contribution in [3.63, 3.8) is 0 Å². The zero-order valence-electron chi connectivity index (χ0n) is 12.2. The predicted molar refractivity (Wildman–Crippen MR) is 83.8 cm³/mol. The highest BCUT2D eigenvalue weighted by molar-refractivity contribution is 7.89. The molecular formula is C14H21ClN2O3S. The van der Waals surface area contributed by atoms with Crippen molar-refractivity contribution in [3.8, 4) is 0 Å². The zero-order valence-corrected chi connectivity index (χ0v) is 13.8. The molecule has 0 aliphatic carbocycles. The number of unbranched alkanes of at least 4 members (excludes halogenated alkanes) is 2. The largest absolute Gasteiger partial charge is 0.355 e. The summed E-state index contributed by atoms with van der Waals surface area (Å²) in [5, 5.41) is 3.17. The van der Waals surface area contributed by atoms with E-state index < -0.39 is 16.1 Å². The van der Waals surface area contributed by atoms with Crippen molar-refractivity contribution in [2.24, 2.45) is 0 Å². The summed E-state index contributed by atoms with van der Waals surface area (Å²) in [6.45, 7) is 4.15. The number of nitrogens with one attached hydrogen (secondary N) is 2. The molecule has 0 heterocycles. The van der Waals surface area contributed by atoms with Crippen LogP contribution in [0.5, 0.6) is 0 Å². The van der Waals surface area contributed by atoms with Crippen molar-refractivity contribution < 1.29 is 13.2 Å². The third-order valence-electron chi connectivity index (χ3n) is 2.93. The van der Waals surface area contributed by atoms with Gasteiger partial charge in [0.25, 0.3) is 0 Å². The molecule has 0 aliphatic rings. The number of hydrogen-bond acceptors (Lipinski definition) is 3. The molecule has 1 aromatic rings. The van der Waals surface area contributed by atoms with E-state index in [-0.39, 0.29) is 10.8 Å². The second-order valence-corrected chi connectivity index (χ2v) is 6.95. The minimum Gasteiger partial charge on any atom is -0.355 e. The number of amides is 1. The van der Waals surface area contributed by atoms with Crippen LogP contribution in [0.2, 0.25) is 5.02 Å². The van der Waals surface area contributed by atoms with Crippen molar-refractivity contribution >= 4 is 27.5 Å². The molecule has 7 heteroatoms. The number of rotatable bonds is 8. The van der Waals surface area contributed by atoms with Crippen molar-refractivity contribution in [1.82, 2.24) is 10.0 Å². The summed E-state index contributed by atoms with van der Waals surface area (Å²) in [6.07, 6.45) is 2.98. The first-order chi connectivity index (χ1) is 9.86. The maximum absolute atomic E-state index is 12.1. The highest BCUT2D eigenvalue weighted by Crippen LogP contribution is 2.14. The lowest BCUT2D eigenvalue weighted by Crippen LogP contribution is -2.44. The standard InChI is InChI=1S/C14H21ClN2O3S/c1-3-4-5-10-16-14(18)11(2)17-21(19,20)13-8-6-12(15)7-9-13/h6-9,11,17H,3-5,10H2,1-2H3,(H,16,18)/t11-/m0/s1. The number of benzene rings is 1. The predicted octanol–water partition coefficient (Wildman–Crippen LogP) is 2.31. The lowest BCUT2D eigenvalue weighted by atomic mass is 10.2. The summed E-state index contributed by atoms with van der Waals surface area (Å²) in [5.74, 6) is -0.330. The number of carbonyl (C=O) groups is 1. The van der Waals surface area contributed by atoms with Crippen LogP contribution in [0, 0.1) is 0 Å². The average molecular weight is 333 g/mol. The van der Waals surface area contributed by atoms with Gasteiger partial charge in [0.1, 0.15) is 0 Å². The van der Waals surface area contributed by atoms with Crippen LogP contribution in [0.15, 0.2) is 29.2 Å². The highest BCUT2D eigenvalue weighted by atomic mass is 35.5. The van der Waals surface area contributed by atoms with E-state index in [4.69, 9.17) is 11.6 Å².